The van der Waals surface area contributed by atoms with Crippen LogP contribution in [0.4, 0.5) is 5.69 Å². The number of carbonyl (C=O) groups excluding carboxylic acids is 1. The molecule has 0 aliphatic carbocycles. The van der Waals surface area contributed by atoms with Crippen LogP contribution in [-0.4, -0.2) is 12.0 Å². The van der Waals surface area contributed by atoms with Gasteiger partial charge in [-0.05, 0) is 43.7 Å². The molecule has 0 aliphatic heterocycles. The summed E-state index contributed by atoms with van der Waals surface area (Å²) in [5.41, 5.74) is 1.49. The van der Waals surface area contributed by atoms with Crippen molar-refractivity contribution in [3.63, 3.8) is 0 Å². The minimum Gasteiger partial charge on any atom is -0.479 e. The number of hydrogen-bond donors (Lipinski definition) is 1. The third kappa shape index (κ3) is 3.90. The van der Waals surface area contributed by atoms with E-state index in [1.807, 2.05) is 6.92 Å². The summed E-state index contributed by atoms with van der Waals surface area (Å²) in [6.45, 7) is 3.51. The van der Waals surface area contributed by atoms with Gasteiger partial charge in [0.1, 0.15) is 5.75 Å². The van der Waals surface area contributed by atoms with Crippen LogP contribution in [0.1, 0.15) is 12.5 Å². The van der Waals surface area contributed by atoms with Crippen molar-refractivity contribution in [3.05, 3.63) is 58.1 Å². The molecule has 0 fully saturated rings. The van der Waals surface area contributed by atoms with E-state index < -0.39 is 6.10 Å². The molecule has 2 aromatic carbocycles. The number of rotatable bonds is 4. The molecule has 5 heteroatoms. The lowest BCUT2D eigenvalue weighted by atomic mass is 10.2. The number of anilines is 1. The lowest BCUT2D eigenvalue weighted by molar-refractivity contribution is -0.122. The number of halogens is 2. The molecule has 0 saturated heterocycles. The van der Waals surface area contributed by atoms with Gasteiger partial charge < -0.3 is 10.1 Å². The van der Waals surface area contributed by atoms with Gasteiger partial charge in [-0.2, -0.15) is 0 Å². The summed E-state index contributed by atoms with van der Waals surface area (Å²) in [6, 6.07) is 12.4. The van der Waals surface area contributed by atoms with Crippen LogP contribution in [-0.2, 0) is 4.79 Å². The standard InChI is InChI=1S/C16H15Cl2NO2/c1-10-12(17)7-5-8-14(10)19-16(20)11(2)21-15-9-4-3-6-13(15)18/h3-9,11H,1-2H3,(H,19,20). The van der Waals surface area contributed by atoms with Crippen LogP contribution in [0.5, 0.6) is 5.75 Å². The van der Waals surface area contributed by atoms with Gasteiger partial charge in [0.15, 0.2) is 6.10 Å². The van der Waals surface area contributed by atoms with Crippen molar-refractivity contribution in [2.75, 3.05) is 5.32 Å². The molecule has 110 valence electrons. The lowest BCUT2D eigenvalue weighted by Gasteiger charge is -2.16. The van der Waals surface area contributed by atoms with Gasteiger partial charge in [-0.3, -0.25) is 4.79 Å². The first-order valence-corrected chi connectivity index (χ1v) is 7.22. The second kappa shape index (κ2) is 6.83. The highest BCUT2D eigenvalue weighted by atomic mass is 35.5. The first-order chi connectivity index (χ1) is 9.99. The zero-order chi connectivity index (χ0) is 15.4. The Morgan fingerprint density at radius 1 is 1.10 bits per heavy atom. The van der Waals surface area contributed by atoms with E-state index in [1.165, 1.54) is 0 Å². The molecule has 0 aliphatic rings. The molecular formula is C16H15Cl2NO2. The molecule has 1 unspecified atom stereocenters. The third-order valence-electron chi connectivity index (χ3n) is 3.04. The minimum atomic E-state index is -0.678. The lowest BCUT2D eigenvalue weighted by Crippen LogP contribution is -2.30. The molecule has 1 amide bonds. The summed E-state index contributed by atoms with van der Waals surface area (Å²) < 4.78 is 5.57. The molecule has 0 radical (unpaired) electrons. The van der Waals surface area contributed by atoms with E-state index in [9.17, 15) is 4.79 Å². The Morgan fingerprint density at radius 3 is 2.48 bits per heavy atom. The van der Waals surface area contributed by atoms with Crippen molar-refractivity contribution in [2.45, 2.75) is 20.0 Å². The Kier molecular flexibility index (Phi) is 5.10. The Bertz CT molecular complexity index is 658. The quantitative estimate of drug-likeness (QED) is 0.885. The Labute approximate surface area is 133 Å². The second-order valence-electron chi connectivity index (χ2n) is 4.59. The number of benzene rings is 2. The molecule has 3 nitrogen and oxygen atoms in total. The minimum absolute atomic E-state index is 0.264. The predicted molar refractivity (Wildman–Crippen MR) is 86.4 cm³/mol. The maximum Gasteiger partial charge on any atom is 0.265 e. The molecule has 0 heterocycles. The molecule has 1 atom stereocenters. The van der Waals surface area contributed by atoms with Crippen molar-refractivity contribution in [1.29, 1.82) is 0 Å². The molecular weight excluding hydrogens is 309 g/mol. The largest absolute Gasteiger partial charge is 0.479 e. The molecule has 0 saturated carbocycles. The van der Waals surface area contributed by atoms with Crippen LogP contribution < -0.4 is 10.1 Å². The fourth-order valence-corrected chi connectivity index (χ4v) is 2.12. The fraction of sp³-hybridized carbons (Fsp3) is 0.188. The van der Waals surface area contributed by atoms with Crippen molar-refractivity contribution in [2.24, 2.45) is 0 Å². The van der Waals surface area contributed by atoms with Gasteiger partial charge >= 0.3 is 0 Å². The van der Waals surface area contributed by atoms with E-state index >= 15 is 0 Å². The van der Waals surface area contributed by atoms with Crippen molar-refractivity contribution in [1.82, 2.24) is 0 Å². The van der Waals surface area contributed by atoms with Gasteiger partial charge in [0.25, 0.3) is 5.91 Å². The Balaban J connectivity index is 2.06. The monoisotopic (exact) mass is 323 g/mol. The van der Waals surface area contributed by atoms with E-state index in [0.717, 1.165) is 5.56 Å². The summed E-state index contributed by atoms with van der Waals surface area (Å²) in [6.07, 6.45) is -0.678. The number of hydrogen-bond acceptors (Lipinski definition) is 2. The van der Waals surface area contributed by atoms with Crippen molar-refractivity contribution < 1.29 is 9.53 Å². The van der Waals surface area contributed by atoms with Crippen LogP contribution in [0, 0.1) is 6.92 Å². The number of para-hydroxylation sites is 1. The number of nitrogens with one attached hydrogen (secondary N) is 1. The molecule has 2 aromatic rings. The SMILES string of the molecule is Cc1c(Cl)cccc1NC(=O)C(C)Oc1ccccc1Cl. The zero-order valence-electron chi connectivity index (χ0n) is 11.7. The van der Waals surface area contributed by atoms with E-state index in [0.29, 0.717) is 21.5 Å². The maximum absolute atomic E-state index is 12.2. The highest BCUT2D eigenvalue weighted by molar-refractivity contribution is 6.32. The number of carbonyl (C=O) groups is 1. The topological polar surface area (TPSA) is 38.3 Å². The summed E-state index contributed by atoms with van der Waals surface area (Å²) in [7, 11) is 0. The third-order valence-corrected chi connectivity index (χ3v) is 3.76. The Morgan fingerprint density at radius 2 is 1.76 bits per heavy atom. The van der Waals surface area contributed by atoms with Crippen LogP contribution in [0.2, 0.25) is 10.0 Å². The number of ether oxygens (including phenoxy) is 1. The van der Waals surface area contributed by atoms with E-state index in [4.69, 9.17) is 27.9 Å². The zero-order valence-corrected chi connectivity index (χ0v) is 13.2. The van der Waals surface area contributed by atoms with E-state index in [-0.39, 0.29) is 5.91 Å². The summed E-state index contributed by atoms with van der Waals surface area (Å²) in [4.78, 5) is 12.2. The molecule has 0 spiro atoms. The molecule has 2 rings (SSSR count). The second-order valence-corrected chi connectivity index (χ2v) is 5.41. The van der Waals surface area contributed by atoms with Crippen LogP contribution in [0.3, 0.4) is 0 Å². The normalized spacial score (nSPS) is 11.8. The summed E-state index contributed by atoms with van der Waals surface area (Å²) in [5, 5.41) is 3.87. The van der Waals surface area contributed by atoms with E-state index in [1.54, 1.807) is 49.4 Å². The first-order valence-electron chi connectivity index (χ1n) is 6.46. The smallest absolute Gasteiger partial charge is 0.265 e. The highest BCUT2D eigenvalue weighted by Crippen LogP contribution is 2.25. The van der Waals surface area contributed by atoms with Crippen LogP contribution >= 0.6 is 23.2 Å². The van der Waals surface area contributed by atoms with Gasteiger partial charge in [-0.15, -0.1) is 0 Å². The maximum atomic E-state index is 12.2. The van der Waals surface area contributed by atoms with Gasteiger partial charge in [-0.25, -0.2) is 0 Å². The molecule has 1 N–H and O–H groups in total. The Hall–Kier alpha value is -1.71. The average molecular weight is 324 g/mol. The first kappa shape index (κ1) is 15.7. The van der Waals surface area contributed by atoms with Gasteiger partial charge in [0, 0.05) is 10.7 Å². The van der Waals surface area contributed by atoms with Crippen LogP contribution in [0.25, 0.3) is 0 Å². The fourth-order valence-electron chi connectivity index (χ4n) is 1.76. The summed E-state index contributed by atoms with van der Waals surface area (Å²) >= 11 is 12.0. The number of amides is 1. The van der Waals surface area contributed by atoms with Crippen LogP contribution in [0.15, 0.2) is 42.5 Å². The predicted octanol–water partition coefficient (Wildman–Crippen LogP) is 4.71. The average Bonchev–Trinajstić information content (AvgIpc) is 2.46. The molecule has 0 aromatic heterocycles. The summed E-state index contributed by atoms with van der Waals surface area (Å²) in [5.74, 6) is 0.213. The van der Waals surface area contributed by atoms with Gasteiger partial charge in [0.05, 0.1) is 5.02 Å². The molecule has 0 bridgehead atoms. The van der Waals surface area contributed by atoms with Gasteiger partial charge in [0.2, 0.25) is 0 Å². The highest BCUT2D eigenvalue weighted by Gasteiger charge is 2.17. The van der Waals surface area contributed by atoms with Crippen molar-refractivity contribution in [3.8, 4) is 5.75 Å². The van der Waals surface area contributed by atoms with Gasteiger partial charge in [-0.1, -0.05) is 41.4 Å². The van der Waals surface area contributed by atoms with E-state index in [2.05, 4.69) is 5.32 Å². The van der Waals surface area contributed by atoms with Crippen molar-refractivity contribution >= 4 is 34.8 Å². The molecule has 21 heavy (non-hydrogen) atoms.